The van der Waals surface area contributed by atoms with Crippen LogP contribution < -0.4 is 5.32 Å². The number of benzene rings is 2. The van der Waals surface area contributed by atoms with Gasteiger partial charge < -0.3 is 10.1 Å². The molecule has 0 bridgehead atoms. The second-order valence-corrected chi connectivity index (χ2v) is 11.4. The molecule has 2 aromatic carbocycles. The molecule has 1 unspecified atom stereocenters. The van der Waals surface area contributed by atoms with Gasteiger partial charge in [0, 0.05) is 43.5 Å². The topological polar surface area (TPSA) is 76.5 Å². The molecule has 7 heteroatoms. The highest BCUT2D eigenvalue weighted by molar-refractivity contribution is 6.04. The number of fused-ring (bicyclic) bond motifs is 1. The molecule has 1 fully saturated rings. The zero-order chi connectivity index (χ0) is 28.5. The summed E-state index contributed by atoms with van der Waals surface area (Å²) in [5.41, 5.74) is 7.56. The number of amides is 1. The first kappa shape index (κ1) is 27.1. The van der Waals surface area contributed by atoms with Gasteiger partial charge in [0.2, 0.25) is 0 Å². The maximum atomic E-state index is 13.1. The molecule has 1 amide bonds. The van der Waals surface area contributed by atoms with E-state index in [1.165, 1.54) is 16.7 Å². The Morgan fingerprint density at radius 1 is 1.10 bits per heavy atom. The van der Waals surface area contributed by atoms with E-state index in [2.05, 4.69) is 53.4 Å². The molecule has 3 aromatic rings. The first-order valence-corrected chi connectivity index (χ1v) is 14.4. The van der Waals surface area contributed by atoms with E-state index in [4.69, 9.17) is 4.74 Å². The van der Waals surface area contributed by atoms with Gasteiger partial charge in [-0.05, 0) is 61.1 Å². The van der Waals surface area contributed by atoms with Crippen LogP contribution in [-0.4, -0.2) is 51.7 Å². The average Bonchev–Trinajstić information content (AvgIpc) is 3.61. The van der Waals surface area contributed by atoms with Crippen molar-refractivity contribution in [2.75, 3.05) is 13.1 Å². The molecule has 2 aliphatic carbocycles. The number of morpholine rings is 1. The fourth-order valence-electron chi connectivity index (χ4n) is 6.05. The molecule has 2 heterocycles. The quantitative estimate of drug-likeness (QED) is 0.436. The third-order valence-corrected chi connectivity index (χ3v) is 8.08. The summed E-state index contributed by atoms with van der Waals surface area (Å²) in [4.78, 5) is 28.5. The second kappa shape index (κ2) is 11.4. The summed E-state index contributed by atoms with van der Waals surface area (Å²) in [7, 11) is 0. The highest BCUT2D eigenvalue weighted by atomic mass is 16.5. The molecule has 0 saturated carbocycles. The van der Waals surface area contributed by atoms with Crippen molar-refractivity contribution < 1.29 is 14.3 Å². The Kier molecular flexibility index (Phi) is 7.56. The molecular formula is C34H36N4O3. The smallest absolute Gasteiger partial charge is 0.258 e. The van der Waals surface area contributed by atoms with Crippen LogP contribution in [0.2, 0.25) is 0 Å². The Morgan fingerprint density at radius 2 is 1.88 bits per heavy atom. The van der Waals surface area contributed by atoms with E-state index in [0.29, 0.717) is 23.3 Å². The summed E-state index contributed by atoms with van der Waals surface area (Å²) >= 11 is 0. The molecule has 1 aliphatic heterocycles. The normalized spacial score (nSPS) is 21.5. The van der Waals surface area contributed by atoms with Gasteiger partial charge in [0.25, 0.3) is 5.91 Å². The van der Waals surface area contributed by atoms with Crippen LogP contribution in [0.5, 0.6) is 0 Å². The maximum absolute atomic E-state index is 13.1. The van der Waals surface area contributed by atoms with Gasteiger partial charge in [-0.2, -0.15) is 5.10 Å². The minimum Gasteiger partial charge on any atom is -0.373 e. The summed E-state index contributed by atoms with van der Waals surface area (Å²) < 4.78 is 7.67. The summed E-state index contributed by atoms with van der Waals surface area (Å²) in [6.45, 7) is 9.04. The lowest BCUT2D eigenvalue weighted by Gasteiger charge is -2.35. The van der Waals surface area contributed by atoms with Crippen LogP contribution in [0, 0.1) is 0 Å². The maximum Gasteiger partial charge on any atom is 0.258 e. The van der Waals surface area contributed by atoms with E-state index in [1.807, 2.05) is 43.3 Å². The molecule has 0 spiro atoms. The van der Waals surface area contributed by atoms with Crippen molar-refractivity contribution in [2.24, 2.45) is 0 Å². The Labute approximate surface area is 241 Å². The van der Waals surface area contributed by atoms with Crippen LogP contribution in [0.1, 0.15) is 65.8 Å². The lowest BCUT2D eigenvalue weighted by molar-refractivity contribution is -0.114. The SMILES string of the molecule is CC(c1ccccc1)n1cc(C(=O)NC2=CCC(=O)C(C3=Cc4cc(CN5C[C@@H](C)O[C@@H](C)C5)ccc4C3)=C2)cn1. The Hall–Kier alpha value is -4.07. The van der Waals surface area contributed by atoms with Crippen LogP contribution >= 0.6 is 0 Å². The van der Waals surface area contributed by atoms with Crippen LogP contribution in [0.4, 0.5) is 0 Å². The standard InChI is InChI=1S/C34H36N4O3/c1-22-18-37(19-23(2)41-22)20-25-9-10-27-14-29(15-28(27)13-25)32-16-31(11-12-33(32)39)36-34(40)30-17-35-38(21-30)24(3)26-7-5-4-6-8-26/h4-11,13,15-17,21-24H,12,14,18-20H2,1-3H3,(H,36,40)/t22-,23+,24?. The third kappa shape index (κ3) is 6.01. The predicted octanol–water partition coefficient (Wildman–Crippen LogP) is 5.25. The van der Waals surface area contributed by atoms with Gasteiger partial charge in [-0.1, -0.05) is 60.7 Å². The van der Waals surface area contributed by atoms with Crippen molar-refractivity contribution >= 4 is 17.8 Å². The number of ether oxygens (including phenoxy) is 1. The number of nitrogens with one attached hydrogen (secondary N) is 1. The van der Waals surface area contributed by atoms with Crippen LogP contribution in [0.3, 0.4) is 0 Å². The number of hydrogen-bond acceptors (Lipinski definition) is 5. The number of aromatic nitrogens is 2. The first-order valence-electron chi connectivity index (χ1n) is 14.4. The molecule has 7 nitrogen and oxygen atoms in total. The number of Topliss-reactive ketones (excluding diaryl/α,β-unsaturated/α-hetero) is 1. The highest BCUT2D eigenvalue weighted by Crippen LogP contribution is 2.33. The van der Waals surface area contributed by atoms with E-state index in [1.54, 1.807) is 23.2 Å². The van der Waals surface area contributed by atoms with Crippen LogP contribution in [0.25, 0.3) is 6.08 Å². The molecule has 6 rings (SSSR count). The first-order chi connectivity index (χ1) is 19.8. The summed E-state index contributed by atoms with van der Waals surface area (Å²) in [5, 5.41) is 7.40. The van der Waals surface area contributed by atoms with Gasteiger partial charge in [0.15, 0.2) is 5.78 Å². The molecule has 3 aliphatic rings. The zero-order valence-electron chi connectivity index (χ0n) is 23.8. The number of carbonyl (C=O) groups is 2. The van der Waals surface area contributed by atoms with Gasteiger partial charge in [0.1, 0.15) is 0 Å². The lowest BCUT2D eigenvalue weighted by atomic mass is 9.93. The minimum absolute atomic E-state index is 0.00760. The van der Waals surface area contributed by atoms with Crippen molar-refractivity contribution in [3.63, 3.8) is 0 Å². The largest absolute Gasteiger partial charge is 0.373 e. The van der Waals surface area contributed by atoms with Gasteiger partial charge in [-0.3, -0.25) is 19.2 Å². The Bertz CT molecular complexity index is 1560. The van der Waals surface area contributed by atoms with Crippen LogP contribution in [-0.2, 0) is 22.5 Å². The van der Waals surface area contributed by atoms with Gasteiger partial charge in [-0.15, -0.1) is 0 Å². The number of nitrogens with zero attached hydrogens (tertiary/aromatic N) is 3. The number of carbonyl (C=O) groups excluding carboxylic acids is 2. The Morgan fingerprint density at radius 3 is 2.66 bits per heavy atom. The fraction of sp³-hybridized carbons (Fsp3) is 0.324. The van der Waals surface area contributed by atoms with Gasteiger partial charge in [0.05, 0.1) is 30.0 Å². The Balaban J connectivity index is 1.13. The molecule has 1 aromatic heterocycles. The summed E-state index contributed by atoms with van der Waals surface area (Å²) in [6.07, 6.45) is 10.5. The monoisotopic (exact) mass is 548 g/mol. The van der Waals surface area contributed by atoms with Crippen molar-refractivity contribution in [1.82, 2.24) is 20.0 Å². The zero-order valence-corrected chi connectivity index (χ0v) is 23.8. The van der Waals surface area contributed by atoms with Gasteiger partial charge >= 0.3 is 0 Å². The van der Waals surface area contributed by atoms with E-state index in [-0.39, 0.29) is 36.4 Å². The van der Waals surface area contributed by atoms with Gasteiger partial charge in [-0.25, -0.2) is 0 Å². The number of rotatable bonds is 7. The average molecular weight is 549 g/mol. The fourth-order valence-corrected chi connectivity index (χ4v) is 6.05. The minimum atomic E-state index is -0.243. The molecule has 0 radical (unpaired) electrons. The van der Waals surface area contributed by atoms with E-state index < -0.39 is 0 Å². The molecule has 1 N–H and O–H groups in total. The lowest BCUT2D eigenvalue weighted by Crippen LogP contribution is -2.44. The van der Waals surface area contributed by atoms with E-state index >= 15 is 0 Å². The molecular weight excluding hydrogens is 512 g/mol. The van der Waals surface area contributed by atoms with Crippen molar-refractivity contribution in [2.45, 2.75) is 58.4 Å². The molecule has 41 heavy (non-hydrogen) atoms. The van der Waals surface area contributed by atoms with E-state index in [0.717, 1.165) is 30.8 Å². The second-order valence-electron chi connectivity index (χ2n) is 11.4. The van der Waals surface area contributed by atoms with Crippen molar-refractivity contribution in [1.29, 1.82) is 0 Å². The number of ketones is 1. The number of allylic oxidation sites excluding steroid dienone is 4. The number of hydrogen-bond donors (Lipinski definition) is 1. The molecule has 3 atom stereocenters. The summed E-state index contributed by atoms with van der Waals surface area (Å²) in [5.74, 6) is -0.170. The van der Waals surface area contributed by atoms with Crippen LogP contribution in [0.15, 0.2) is 89.9 Å². The van der Waals surface area contributed by atoms with Crippen molar-refractivity contribution in [3.8, 4) is 0 Å². The predicted molar refractivity (Wildman–Crippen MR) is 159 cm³/mol. The summed E-state index contributed by atoms with van der Waals surface area (Å²) in [6, 6.07) is 16.7. The van der Waals surface area contributed by atoms with E-state index in [9.17, 15) is 9.59 Å². The third-order valence-electron chi connectivity index (χ3n) is 8.08. The van der Waals surface area contributed by atoms with Crippen molar-refractivity contribution in [3.05, 3.63) is 118 Å². The highest BCUT2D eigenvalue weighted by Gasteiger charge is 2.25. The molecule has 210 valence electrons. The molecule has 1 saturated heterocycles.